The average molecular weight is 1090 g/mol. The molecule has 0 spiro atoms. The molecular weight excluding hydrogens is 978 g/mol. The van der Waals surface area contributed by atoms with E-state index in [0.717, 1.165) is 122 Å². The monoisotopic (exact) mass is 1090 g/mol. The number of phosphoric acid groups is 1. The summed E-state index contributed by atoms with van der Waals surface area (Å²) in [7, 11) is 1.13. The highest BCUT2D eigenvalue weighted by molar-refractivity contribution is 7.45. The van der Waals surface area contributed by atoms with Crippen molar-refractivity contribution in [1.82, 2.24) is 0 Å². The molecule has 0 aromatic rings. The summed E-state index contributed by atoms with van der Waals surface area (Å²) in [6.45, 7) is 4.06. The lowest BCUT2D eigenvalue weighted by Crippen LogP contribution is -2.37. The van der Waals surface area contributed by atoms with E-state index in [1.165, 1.54) is 57.8 Å². The number of hydrogen-bond donors (Lipinski definition) is 0. The van der Waals surface area contributed by atoms with E-state index in [1.807, 2.05) is 21.1 Å². The van der Waals surface area contributed by atoms with Gasteiger partial charge in [0.1, 0.15) is 19.8 Å². The molecule has 0 aliphatic carbocycles. The molecule has 0 heterocycles. The number of quaternary nitrogens is 1. The molecule has 0 rings (SSSR count). The molecule has 0 radical (unpaired) electrons. The van der Waals surface area contributed by atoms with Crippen molar-refractivity contribution >= 4 is 19.8 Å². The molecule has 10 heteroatoms. The molecule has 0 amide bonds. The van der Waals surface area contributed by atoms with Crippen molar-refractivity contribution in [2.75, 3.05) is 47.5 Å². The maximum absolute atomic E-state index is 12.8. The van der Waals surface area contributed by atoms with E-state index < -0.39 is 32.5 Å². The van der Waals surface area contributed by atoms with Crippen molar-refractivity contribution in [3.05, 3.63) is 146 Å². The zero-order valence-corrected chi connectivity index (χ0v) is 50.2. The molecule has 2 unspecified atom stereocenters. The summed E-state index contributed by atoms with van der Waals surface area (Å²) in [5, 5.41) is 0. The fourth-order valence-corrected chi connectivity index (χ4v) is 8.25. The van der Waals surface area contributed by atoms with Crippen LogP contribution in [-0.4, -0.2) is 70.0 Å². The Bertz CT molecular complexity index is 1810. The zero-order chi connectivity index (χ0) is 56.3. The predicted molar refractivity (Wildman–Crippen MR) is 327 cm³/mol. The highest BCUT2D eigenvalue weighted by Crippen LogP contribution is 2.38. The van der Waals surface area contributed by atoms with E-state index in [4.69, 9.17) is 18.5 Å². The summed E-state index contributed by atoms with van der Waals surface area (Å²) in [6.07, 6.45) is 83.4. The second-order valence-corrected chi connectivity index (χ2v) is 22.0. The topological polar surface area (TPSA) is 111 Å². The Hall–Kier alpha value is -4.11. The van der Waals surface area contributed by atoms with Crippen molar-refractivity contribution in [1.29, 1.82) is 0 Å². The average Bonchev–Trinajstić information content (AvgIpc) is 3.39. The molecule has 0 aliphatic rings. The van der Waals surface area contributed by atoms with Gasteiger partial charge in [-0.3, -0.25) is 14.2 Å². The first kappa shape index (κ1) is 72.9. The molecule has 0 N–H and O–H groups in total. The van der Waals surface area contributed by atoms with Gasteiger partial charge in [-0.25, -0.2) is 0 Å². The summed E-state index contributed by atoms with van der Waals surface area (Å²) >= 11 is 0. The minimum atomic E-state index is -4.65. The highest BCUT2D eigenvalue weighted by atomic mass is 31.2. The number of allylic oxidation sites excluding steroid dienone is 24. The van der Waals surface area contributed by atoms with Crippen LogP contribution in [0.5, 0.6) is 0 Å². The first-order chi connectivity index (χ1) is 37.5. The van der Waals surface area contributed by atoms with E-state index in [1.54, 1.807) is 0 Å². The molecule has 0 bridgehead atoms. The molecule has 0 saturated carbocycles. The standard InChI is InChI=1S/C67H110NO8P/c1-6-8-10-12-14-16-18-20-21-22-23-24-25-26-27-28-29-30-31-32-33-34-35-36-37-38-39-40-41-42-43-44-45-46-47-48-50-52-54-56-58-60-67(70)76-65(64-75-77(71,72)74-62-61-68(3,4)5)63-73-66(69)59-57-55-53-51-49-19-17-15-13-11-9-7-2/h8,10,14,16,20-21,23-24,26-27,29-30,32-33,35-36,38-39,41-42,44-45,47-48,65H,6-7,9,11-13,15,17-19,22,25,28,31,34,37,40,43,46,49-64H2,1-5H3/b10-8-,16-14-,21-20-,24-23-,27-26-,30-29-,33-32-,36-35-,39-38-,42-41-,45-44-,48-47-. The molecular formula is C67H110NO8P. The second kappa shape index (κ2) is 56.6. The zero-order valence-electron chi connectivity index (χ0n) is 49.3. The Kier molecular flexibility index (Phi) is 53.6. The number of esters is 2. The van der Waals surface area contributed by atoms with Crippen LogP contribution in [0.4, 0.5) is 0 Å². The summed E-state index contributed by atoms with van der Waals surface area (Å²) in [5.74, 6) is -0.871. The van der Waals surface area contributed by atoms with Gasteiger partial charge >= 0.3 is 11.9 Å². The van der Waals surface area contributed by atoms with Gasteiger partial charge in [-0.1, -0.05) is 243 Å². The number of likely N-dealkylation sites (N-methyl/N-ethyl adjacent to an activating group) is 1. The summed E-state index contributed by atoms with van der Waals surface area (Å²) < 4.78 is 34.0. The van der Waals surface area contributed by atoms with Crippen LogP contribution in [0.25, 0.3) is 0 Å². The summed E-state index contributed by atoms with van der Waals surface area (Å²) in [4.78, 5) is 37.7. The van der Waals surface area contributed by atoms with E-state index in [-0.39, 0.29) is 26.1 Å². The lowest BCUT2D eigenvalue weighted by Gasteiger charge is -2.28. The van der Waals surface area contributed by atoms with Crippen molar-refractivity contribution in [2.45, 2.75) is 219 Å². The van der Waals surface area contributed by atoms with Crippen molar-refractivity contribution in [2.24, 2.45) is 0 Å². The van der Waals surface area contributed by atoms with Crippen LogP contribution in [0.1, 0.15) is 213 Å². The number of rotatable bonds is 53. The molecule has 0 aliphatic heterocycles. The van der Waals surface area contributed by atoms with Crippen LogP contribution < -0.4 is 4.89 Å². The summed E-state index contributed by atoms with van der Waals surface area (Å²) in [5.41, 5.74) is 0. The minimum absolute atomic E-state index is 0.0423. The van der Waals surface area contributed by atoms with Gasteiger partial charge in [0.2, 0.25) is 0 Å². The molecule has 0 aromatic carbocycles. The second-order valence-electron chi connectivity index (χ2n) is 20.6. The number of carbonyl (C=O) groups is 2. The highest BCUT2D eigenvalue weighted by Gasteiger charge is 2.21. The molecule has 2 atom stereocenters. The Morgan fingerprint density at radius 3 is 1.10 bits per heavy atom. The van der Waals surface area contributed by atoms with Gasteiger partial charge < -0.3 is 27.9 Å². The predicted octanol–water partition coefficient (Wildman–Crippen LogP) is 18.5. The molecule has 0 fully saturated rings. The van der Waals surface area contributed by atoms with Crippen molar-refractivity contribution in [3.63, 3.8) is 0 Å². The van der Waals surface area contributed by atoms with E-state index in [2.05, 4.69) is 160 Å². The lowest BCUT2D eigenvalue weighted by molar-refractivity contribution is -0.870. The molecule has 0 aromatic heterocycles. The number of nitrogens with zero attached hydrogens (tertiary/aromatic N) is 1. The lowest BCUT2D eigenvalue weighted by atomic mass is 10.0. The van der Waals surface area contributed by atoms with Crippen LogP contribution in [0.2, 0.25) is 0 Å². The van der Waals surface area contributed by atoms with Crippen LogP contribution in [-0.2, 0) is 32.7 Å². The molecule has 436 valence electrons. The third-order valence-electron chi connectivity index (χ3n) is 12.1. The maximum Gasteiger partial charge on any atom is 0.306 e. The molecule has 77 heavy (non-hydrogen) atoms. The first-order valence-corrected chi connectivity index (χ1v) is 31.5. The van der Waals surface area contributed by atoms with Gasteiger partial charge in [0.05, 0.1) is 27.7 Å². The smallest absolute Gasteiger partial charge is 0.306 e. The van der Waals surface area contributed by atoms with Gasteiger partial charge in [-0.15, -0.1) is 0 Å². The fourth-order valence-electron chi connectivity index (χ4n) is 7.52. The third-order valence-corrected chi connectivity index (χ3v) is 13.1. The normalized spacial score (nSPS) is 14.3. The quantitative estimate of drug-likeness (QED) is 0.0195. The van der Waals surface area contributed by atoms with Gasteiger partial charge in [-0.05, 0) is 103 Å². The Balaban J connectivity index is 4.16. The van der Waals surface area contributed by atoms with Crippen LogP contribution in [0.3, 0.4) is 0 Å². The van der Waals surface area contributed by atoms with Gasteiger partial charge in [-0.2, -0.15) is 0 Å². The maximum atomic E-state index is 12.8. The summed E-state index contributed by atoms with van der Waals surface area (Å²) in [6, 6.07) is 0. The van der Waals surface area contributed by atoms with Gasteiger partial charge in [0.15, 0.2) is 6.10 Å². The third kappa shape index (κ3) is 61.0. The number of hydrogen-bond acceptors (Lipinski definition) is 8. The van der Waals surface area contributed by atoms with Gasteiger partial charge in [0, 0.05) is 12.8 Å². The van der Waals surface area contributed by atoms with E-state index in [9.17, 15) is 19.0 Å². The van der Waals surface area contributed by atoms with Crippen molar-refractivity contribution in [3.8, 4) is 0 Å². The van der Waals surface area contributed by atoms with Crippen LogP contribution >= 0.6 is 7.82 Å². The molecule has 0 saturated heterocycles. The number of phosphoric ester groups is 1. The van der Waals surface area contributed by atoms with Crippen molar-refractivity contribution < 1.29 is 42.1 Å². The number of unbranched alkanes of at least 4 members (excludes halogenated alkanes) is 15. The number of carbonyl (C=O) groups excluding carboxylic acids is 2. The minimum Gasteiger partial charge on any atom is -0.756 e. The largest absolute Gasteiger partial charge is 0.756 e. The fraction of sp³-hybridized carbons (Fsp3) is 0.612. The van der Waals surface area contributed by atoms with E-state index in [0.29, 0.717) is 17.4 Å². The van der Waals surface area contributed by atoms with E-state index >= 15 is 0 Å². The Morgan fingerprint density at radius 2 is 0.740 bits per heavy atom. The van der Waals surface area contributed by atoms with Gasteiger partial charge in [0.25, 0.3) is 7.82 Å². The van der Waals surface area contributed by atoms with Crippen LogP contribution in [0, 0.1) is 0 Å². The SMILES string of the molecule is CC/C=C\C/C=C\C/C=C\C/C=C\C/C=C\C/C=C\C/C=C\C/C=C\C/C=C\C/C=C\C/C=C\C/C=C\CCCCCCC(=O)OC(COC(=O)CCCCCCCCCCCCCC)COP(=O)([O-])OCC[N+](C)(C)C. The Labute approximate surface area is 472 Å². The first-order valence-electron chi connectivity index (χ1n) is 30.0. The number of ether oxygens (including phenoxy) is 2. The Morgan fingerprint density at radius 1 is 0.416 bits per heavy atom. The van der Waals surface area contributed by atoms with Crippen LogP contribution in [0.15, 0.2) is 146 Å². The molecule has 9 nitrogen and oxygen atoms in total.